The van der Waals surface area contributed by atoms with Gasteiger partial charge in [0, 0.05) is 18.7 Å². The fourth-order valence-corrected chi connectivity index (χ4v) is 4.33. The van der Waals surface area contributed by atoms with Gasteiger partial charge in [0.05, 0.1) is 19.4 Å². The molecule has 2 aliphatic rings. The first-order valence-electron chi connectivity index (χ1n) is 10.4. The number of nitrogens with zero attached hydrogens (tertiary/aromatic N) is 3. The van der Waals surface area contributed by atoms with Crippen LogP contribution in [0.15, 0.2) is 28.9 Å². The molecule has 0 saturated heterocycles. The summed E-state index contributed by atoms with van der Waals surface area (Å²) in [5.41, 5.74) is -0.609. The highest BCUT2D eigenvalue weighted by atomic mass is 16.3. The molecule has 3 amide bonds. The quantitative estimate of drug-likeness (QED) is 0.749. The molecule has 2 aromatic rings. The summed E-state index contributed by atoms with van der Waals surface area (Å²) < 4.78 is 6.69. The van der Waals surface area contributed by atoms with Crippen molar-refractivity contribution in [2.45, 2.75) is 64.2 Å². The van der Waals surface area contributed by atoms with Gasteiger partial charge in [0.25, 0.3) is 11.8 Å². The van der Waals surface area contributed by atoms with Crippen molar-refractivity contribution in [2.75, 3.05) is 6.54 Å². The second kappa shape index (κ2) is 7.97. The van der Waals surface area contributed by atoms with Crippen molar-refractivity contribution < 1.29 is 18.8 Å². The van der Waals surface area contributed by atoms with E-state index in [4.69, 9.17) is 4.42 Å². The maximum Gasteiger partial charge on any atom is 0.273 e. The van der Waals surface area contributed by atoms with Crippen LogP contribution in [-0.4, -0.2) is 50.5 Å². The highest BCUT2D eigenvalue weighted by molar-refractivity contribution is 6.01. The third-order valence-corrected chi connectivity index (χ3v) is 6.03. The van der Waals surface area contributed by atoms with Gasteiger partial charge in [-0.1, -0.05) is 12.8 Å². The molecular formula is C21H27N5O4. The number of amides is 3. The SMILES string of the molecule is CCN1C(=O)c2cc(C(=O)NCc3ccco3)nn2CC1(C)C(=O)NC1CCCC1. The van der Waals surface area contributed by atoms with Gasteiger partial charge in [0.15, 0.2) is 5.69 Å². The molecule has 1 unspecified atom stereocenters. The van der Waals surface area contributed by atoms with E-state index >= 15 is 0 Å². The second-order valence-corrected chi connectivity index (χ2v) is 8.11. The van der Waals surface area contributed by atoms with Crippen molar-refractivity contribution in [3.63, 3.8) is 0 Å². The molecule has 1 saturated carbocycles. The van der Waals surface area contributed by atoms with Gasteiger partial charge < -0.3 is 20.0 Å². The Hall–Kier alpha value is -3.10. The number of fused-ring (bicyclic) bond motifs is 1. The van der Waals surface area contributed by atoms with Gasteiger partial charge in [-0.3, -0.25) is 19.1 Å². The molecule has 160 valence electrons. The molecule has 1 aliphatic heterocycles. The number of rotatable bonds is 6. The van der Waals surface area contributed by atoms with E-state index in [2.05, 4.69) is 15.7 Å². The van der Waals surface area contributed by atoms with Crippen molar-refractivity contribution in [1.82, 2.24) is 25.3 Å². The van der Waals surface area contributed by atoms with Crippen molar-refractivity contribution in [1.29, 1.82) is 0 Å². The summed E-state index contributed by atoms with van der Waals surface area (Å²) in [5, 5.41) is 10.2. The molecule has 1 aliphatic carbocycles. The Morgan fingerprint density at radius 3 is 2.77 bits per heavy atom. The number of carbonyl (C=O) groups excluding carboxylic acids is 3. The summed E-state index contributed by atoms with van der Waals surface area (Å²) in [4.78, 5) is 40.3. The number of aromatic nitrogens is 2. The van der Waals surface area contributed by atoms with Gasteiger partial charge in [0.1, 0.15) is 17.0 Å². The molecule has 2 aromatic heterocycles. The Morgan fingerprint density at radius 2 is 2.10 bits per heavy atom. The Morgan fingerprint density at radius 1 is 1.33 bits per heavy atom. The van der Waals surface area contributed by atoms with E-state index in [1.54, 1.807) is 24.0 Å². The number of hydrogen-bond acceptors (Lipinski definition) is 5. The highest BCUT2D eigenvalue weighted by Gasteiger charge is 2.48. The van der Waals surface area contributed by atoms with Crippen LogP contribution in [0, 0.1) is 0 Å². The minimum Gasteiger partial charge on any atom is -0.467 e. The first-order chi connectivity index (χ1) is 14.4. The average molecular weight is 413 g/mol. The fraction of sp³-hybridized carbons (Fsp3) is 0.524. The van der Waals surface area contributed by atoms with Crippen LogP contribution in [0.1, 0.15) is 66.3 Å². The van der Waals surface area contributed by atoms with Crippen LogP contribution in [-0.2, 0) is 17.9 Å². The molecule has 0 aromatic carbocycles. The molecule has 0 radical (unpaired) electrons. The molecule has 30 heavy (non-hydrogen) atoms. The van der Waals surface area contributed by atoms with Crippen LogP contribution in [0.4, 0.5) is 0 Å². The monoisotopic (exact) mass is 413 g/mol. The number of hydrogen-bond donors (Lipinski definition) is 2. The molecule has 2 N–H and O–H groups in total. The van der Waals surface area contributed by atoms with Gasteiger partial charge in [-0.2, -0.15) is 5.10 Å². The first-order valence-corrected chi connectivity index (χ1v) is 10.4. The number of likely N-dealkylation sites (N-methyl/N-ethyl adjacent to an activating group) is 1. The first kappa shape index (κ1) is 20.2. The van der Waals surface area contributed by atoms with Crippen LogP contribution in [0.25, 0.3) is 0 Å². The van der Waals surface area contributed by atoms with Gasteiger partial charge in [0.2, 0.25) is 5.91 Å². The Labute approximate surface area is 174 Å². The van der Waals surface area contributed by atoms with Crippen LogP contribution in [0.2, 0.25) is 0 Å². The molecule has 1 fully saturated rings. The van der Waals surface area contributed by atoms with Crippen LogP contribution >= 0.6 is 0 Å². The van der Waals surface area contributed by atoms with Gasteiger partial charge in [-0.05, 0) is 38.8 Å². The third kappa shape index (κ3) is 3.59. The van der Waals surface area contributed by atoms with Gasteiger partial charge in [-0.15, -0.1) is 0 Å². The lowest BCUT2D eigenvalue weighted by Crippen LogP contribution is -2.64. The maximum absolute atomic E-state index is 13.1. The summed E-state index contributed by atoms with van der Waals surface area (Å²) in [5.74, 6) is -0.252. The van der Waals surface area contributed by atoms with E-state index in [0.29, 0.717) is 18.0 Å². The fourth-order valence-electron chi connectivity index (χ4n) is 4.33. The van der Waals surface area contributed by atoms with E-state index in [-0.39, 0.29) is 36.6 Å². The largest absolute Gasteiger partial charge is 0.467 e. The minimum absolute atomic E-state index is 0.140. The maximum atomic E-state index is 13.1. The summed E-state index contributed by atoms with van der Waals surface area (Å²) in [7, 11) is 0. The molecule has 0 bridgehead atoms. The predicted octanol–water partition coefficient (Wildman–Crippen LogP) is 1.70. The average Bonchev–Trinajstić information content (AvgIpc) is 3.48. The van der Waals surface area contributed by atoms with Crippen molar-refractivity contribution in [3.8, 4) is 0 Å². The normalized spacial score (nSPS) is 21.5. The van der Waals surface area contributed by atoms with E-state index in [0.717, 1.165) is 25.7 Å². The summed E-state index contributed by atoms with van der Waals surface area (Å²) in [6.45, 7) is 4.43. The summed E-state index contributed by atoms with van der Waals surface area (Å²) in [6, 6.07) is 5.14. The molecule has 0 spiro atoms. The lowest BCUT2D eigenvalue weighted by Gasteiger charge is -2.43. The second-order valence-electron chi connectivity index (χ2n) is 8.11. The summed E-state index contributed by atoms with van der Waals surface area (Å²) >= 11 is 0. The van der Waals surface area contributed by atoms with Crippen molar-refractivity contribution in [2.24, 2.45) is 0 Å². The Kier molecular flexibility index (Phi) is 5.36. The lowest BCUT2D eigenvalue weighted by atomic mass is 9.94. The highest BCUT2D eigenvalue weighted by Crippen LogP contribution is 2.28. The van der Waals surface area contributed by atoms with Crippen molar-refractivity contribution in [3.05, 3.63) is 41.6 Å². The van der Waals surface area contributed by atoms with Crippen LogP contribution < -0.4 is 10.6 Å². The Balaban J connectivity index is 1.54. The van der Waals surface area contributed by atoms with Crippen LogP contribution in [0.5, 0.6) is 0 Å². The van der Waals surface area contributed by atoms with Crippen LogP contribution in [0.3, 0.4) is 0 Å². The zero-order chi connectivity index (χ0) is 21.3. The zero-order valence-corrected chi connectivity index (χ0v) is 17.3. The van der Waals surface area contributed by atoms with E-state index in [9.17, 15) is 14.4 Å². The number of carbonyl (C=O) groups is 3. The lowest BCUT2D eigenvalue weighted by molar-refractivity contribution is -0.133. The van der Waals surface area contributed by atoms with Gasteiger partial charge in [-0.25, -0.2) is 0 Å². The topological polar surface area (TPSA) is 109 Å². The van der Waals surface area contributed by atoms with Crippen molar-refractivity contribution >= 4 is 17.7 Å². The third-order valence-electron chi connectivity index (χ3n) is 6.03. The predicted molar refractivity (Wildman–Crippen MR) is 108 cm³/mol. The zero-order valence-electron chi connectivity index (χ0n) is 17.3. The minimum atomic E-state index is -1.06. The molecule has 1 atom stereocenters. The van der Waals surface area contributed by atoms with E-state index in [1.807, 2.05) is 6.92 Å². The number of furan rings is 1. The van der Waals surface area contributed by atoms with E-state index in [1.165, 1.54) is 17.0 Å². The smallest absolute Gasteiger partial charge is 0.273 e. The van der Waals surface area contributed by atoms with E-state index < -0.39 is 11.4 Å². The molecule has 9 nitrogen and oxygen atoms in total. The molecule has 4 rings (SSSR count). The molecule has 9 heteroatoms. The standard InChI is InChI=1S/C21H27N5O4/c1-3-25-19(28)17-11-16(18(27)22-12-15-9-6-10-30-15)24-26(17)13-21(25,2)20(29)23-14-7-4-5-8-14/h6,9-11,14H,3-5,7-8,12-13H2,1-2H3,(H,22,27)(H,23,29). The Bertz CT molecular complexity index is 945. The summed E-state index contributed by atoms with van der Waals surface area (Å²) in [6.07, 6.45) is 5.69. The molecular weight excluding hydrogens is 386 g/mol. The number of nitrogens with one attached hydrogen (secondary N) is 2. The van der Waals surface area contributed by atoms with Gasteiger partial charge >= 0.3 is 0 Å². The molecule has 3 heterocycles.